The number of nitrogens with one attached hydrogen (secondary N) is 1. The van der Waals surface area contributed by atoms with Crippen molar-refractivity contribution in [2.45, 2.75) is 19.4 Å². The lowest BCUT2D eigenvalue weighted by Crippen LogP contribution is -2.27. The van der Waals surface area contributed by atoms with Crippen LogP contribution in [0.3, 0.4) is 0 Å². The van der Waals surface area contributed by atoms with Gasteiger partial charge in [-0.15, -0.1) is 0 Å². The maximum absolute atomic E-state index is 6.34. The zero-order valence-electron chi connectivity index (χ0n) is 11.7. The Morgan fingerprint density at radius 3 is 2.80 bits per heavy atom. The fraction of sp³-hybridized carbons (Fsp3) is 0.294. The summed E-state index contributed by atoms with van der Waals surface area (Å²) in [6.07, 6.45) is 1.16. The van der Waals surface area contributed by atoms with Crippen LogP contribution in [-0.4, -0.2) is 19.7 Å². The molecule has 2 nitrogen and oxygen atoms in total. The molecule has 20 heavy (non-hydrogen) atoms. The van der Waals surface area contributed by atoms with Crippen LogP contribution in [0, 0.1) is 6.92 Å². The van der Waals surface area contributed by atoms with E-state index in [0.29, 0.717) is 0 Å². The fourth-order valence-electron chi connectivity index (χ4n) is 2.81. The van der Waals surface area contributed by atoms with Gasteiger partial charge >= 0.3 is 0 Å². The van der Waals surface area contributed by atoms with Crippen LogP contribution in [0.2, 0.25) is 5.02 Å². The SMILES string of the molecule is CNCC1Cc2cc(C)cc(-c3ccccc3Cl)c2O1. The van der Waals surface area contributed by atoms with E-state index in [1.165, 1.54) is 11.1 Å². The smallest absolute Gasteiger partial charge is 0.131 e. The Hall–Kier alpha value is -1.51. The highest BCUT2D eigenvalue weighted by atomic mass is 35.5. The van der Waals surface area contributed by atoms with Gasteiger partial charge in [0.2, 0.25) is 0 Å². The summed E-state index contributed by atoms with van der Waals surface area (Å²) in [4.78, 5) is 0. The molecule has 104 valence electrons. The molecule has 0 aliphatic carbocycles. The van der Waals surface area contributed by atoms with E-state index < -0.39 is 0 Å². The van der Waals surface area contributed by atoms with E-state index in [9.17, 15) is 0 Å². The van der Waals surface area contributed by atoms with Crippen molar-refractivity contribution in [3.63, 3.8) is 0 Å². The first-order valence-electron chi connectivity index (χ1n) is 6.88. The minimum absolute atomic E-state index is 0.207. The lowest BCUT2D eigenvalue weighted by atomic mass is 9.98. The highest BCUT2D eigenvalue weighted by molar-refractivity contribution is 6.33. The summed E-state index contributed by atoms with van der Waals surface area (Å²) in [5, 5.41) is 3.94. The third kappa shape index (κ3) is 2.41. The Labute approximate surface area is 124 Å². The predicted octanol–water partition coefficient (Wildman–Crippen LogP) is 3.84. The molecule has 1 N–H and O–H groups in total. The van der Waals surface area contributed by atoms with Crippen molar-refractivity contribution in [1.29, 1.82) is 0 Å². The molecule has 1 atom stereocenters. The fourth-order valence-corrected chi connectivity index (χ4v) is 3.05. The van der Waals surface area contributed by atoms with Gasteiger partial charge in [-0.3, -0.25) is 0 Å². The van der Waals surface area contributed by atoms with Crippen LogP contribution >= 0.6 is 11.6 Å². The number of ether oxygens (including phenoxy) is 1. The van der Waals surface area contributed by atoms with Crippen LogP contribution in [0.5, 0.6) is 5.75 Å². The summed E-state index contributed by atoms with van der Waals surface area (Å²) < 4.78 is 6.12. The van der Waals surface area contributed by atoms with E-state index in [2.05, 4.69) is 24.4 Å². The molecule has 0 saturated heterocycles. The van der Waals surface area contributed by atoms with Crippen molar-refractivity contribution in [2.24, 2.45) is 0 Å². The molecular formula is C17H18ClNO. The van der Waals surface area contributed by atoms with Gasteiger partial charge in [-0.25, -0.2) is 0 Å². The second kappa shape index (κ2) is 5.47. The highest BCUT2D eigenvalue weighted by Crippen LogP contribution is 2.41. The maximum Gasteiger partial charge on any atom is 0.131 e. The van der Waals surface area contributed by atoms with E-state index in [1.807, 2.05) is 31.3 Å². The molecule has 0 spiro atoms. The molecule has 1 aliphatic rings. The maximum atomic E-state index is 6.34. The van der Waals surface area contributed by atoms with Gasteiger partial charge < -0.3 is 10.1 Å². The average molecular weight is 288 g/mol. The molecule has 0 amide bonds. The van der Waals surface area contributed by atoms with Crippen LogP contribution in [0.15, 0.2) is 36.4 Å². The molecule has 0 radical (unpaired) electrons. The van der Waals surface area contributed by atoms with Crippen LogP contribution in [0.4, 0.5) is 0 Å². The van der Waals surface area contributed by atoms with E-state index >= 15 is 0 Å². The number of fused-ring (bicyclic) bond motifs is 1. The van der Waals surface area contributed by atoms with Crippen LogP contribution in [0.25, 0.3) is 11.1 Å². The molecule has 2 aromatic rings. The molecular weight excluding hydrogens is 270 g/mol. The number of aryl methyl sites for hydroxylation is 1. The normalized spacial score (nSPS) is 16.9. The number of likely N-dealkylation sites (N-methyl/N-ethyl adjacent to an activating group) is 1. The zero-order chi connectivity index (χ0) is 14.1. The lowest BCUT2D eigenvalue weighted by Gasteiger charge is -2.13. The van der Waals surface area contributed by atoms with Crippen molar-refractivity contribution in [2.75, 3.05) is 13.6 Å². The topological polar surface area (TPSA) is 21.3 Å². The van der Waals surface area contributed by atoms with Gasteiger partial charge in [0.25, 0.3) is 0 Å². The Kier molecular flexibility index (Phi) is 3.68. The molecule has 0 aromatic heterocycles. The van der Waals surface area contributed by atoms with Gasteiger partial charge in [-0.1, -0.05) is 35.9 Å². The summed E-state index contributed by atoms with van der Waals surface area (Å²) in [7, 11) is 1.95. The molecule has 3 rings (SSSR count). The van der Waals surface area contributed by atoms with Crippen LogP contribution in [-0.2, 0) is 6.42 Å². The molecule has 1 unspecified atom stereocenters. The summed E-state index contributed by atoms with van der Waals surface area (Å²) in [5.74, 6) is 0.990. The molecule has 0 saturated carbocycles. The Morgan fingerprint density at radius 2 is 2.05 bits per heavy atom. The second-order valence-corrected chi connectivity index (χ2v) is 5.69. The Bertz CT molecular complexity index is 639. The Balaban J connectivity index is 2.08. The first kappa shape index (κ1) is 13.5. The number of halogens is 1. The molecule has 2 aromatic carbocycles. The largest absolute Gasteiger partial charge is 0.488 e. The number of benzene rings is 2. The molecule has 0 fully saturated rings. The van der Waals surface area contributed by atoms with Crippen molar-refractivity contribution in [3.8, 4) is 16.9 Å². The monoisotopic (exact) mass is 287 g/mol. The minimum Gasteiger partial charge on any atom is -0.488 e. The van der Waals surface area contributed by atoms with Gasteiger partial charge in [-0.2, -0.15) is 0 Å². The number of hydrogen-bond acceptors (Lipinski definition) is 2. The first-order chi connectivity index (χ1) is 9.69. The predicted molar refractivity (Wildman–Crippen MR) is 83.7 cm³/mol. The van der Waals surface area contributed by atoms with E-state index in [1.54, 1.807) is 0 Å². The zero-order valence-corrected chi connectivity index (χ0v) is 12.5. The van der Waals surface area contributed by atoms with Gasteiger partial charge in [0.15, 0.2) is 0 Å². The molecule has 3 heteroatoms. The van der Waals surface area contributed by atoms with Crippen molar-refractivity contribution >= 4 is 11.6 Å². The summed E-state index contributed by atoms with van der Waals surface area (Å²) in [6, 6.07) is 12.3. The van der Waals surface area contributed by atoms with Gasteiger partial charge in [-0.05, 0) is 37.2 Å². The molecule has 0 bridgehead atoms. The average Bonchev–Trinajstić information content (AvgIpc) is 2.81. The van der Waals surface area contributed by atoms with E-state index in [4.69, 9.17) is 16.3 Å². The summed E-state index contributed by atoms with van der Waals surface area (Å²) in [6.45, 7) is 2.97. The summed E-state index contributed by atoms with van der Waals surface area (Å²) in [5.41, 5.74) is 4.66. The van der Waals surface area contributed by atoms with Crippen molar-refractivity contribution < 1.29 is 4.74 Å². The van der Waals surface area contributed by atoms with Gasteiger partial charge in [0.1, 0.15) is 11.9 Å². The third-order valence-electron chi connectivity index (χ3n) is 3.64. The first-order valence-corrected chi connectivity index (χ1v) is 7.26. The quantitative estimate of drug-likeness (QED) is 0.926. The van der Waals surface area contributed by atoms with Crippen molar-refractivity contribution in [1.82, 2.24) is 5.32 Å². The molecule has 1 heterocycles. The summed E-state index contributed by atoms with van der Waals surface area (Å²) >= 11 is 6.34. The number of hydrogen-bond donors (Lipinski definition) is 1. The van der Waals surface area contributed by atoms with E-state index in [-0.39, 0.29) is 6.10 Å². The lowest BCUT2D eigenvalue weighted by molar-refractivity contribution is 0.232. The second-order valence-electron chi connectivity index (χ2n) is 5.28. The minimum atomic E-state index is 0.207. The Morgan fingerprint density at radius 1 is 1.25 bits per heavy atom. The van der Waals surface area contributed by atoms with Crippen LogP contribution in [0.1, 0.15) is 11.1 Å². The third-order valence-corrected chi connectivity index (χ3v) is 3.97. The van der Waals surface area contributed by atoms with Crippen LogP contribution < -0.4 is 10.1 Å². The standard InChI is InChI=1S/C17H18ClNO/c1-11-7-12-9-13(10-19-2)20-17(12)15(8-11)14-5-3-4-6-16(14)18/h3-8,13,19H,9-10H2,1-2H3. The van der Waals surface area contributed by atoms with Gasteiger partial charge in [0.05, 0.1) is 0 Å². The highest BCUT2D eigenvalue weighted by Gasteiger charge is 2.26. The molecule has 1 aliphatic heterocycles. The van der Waals surface area contributed by atoms with Gasteiger partial charge in [0, 0.05) is 29.1 Å². The van der Waals surface area contributed by atoms with E-state index in [0.717, 1.165) is 34.9 Å². The van der Waals surface area contributed by atoms with Crippen molar-refractivity contribution in [3.05, 3.63) is 52.5 Å². The number of rotatable bonds is 3.